The van der Waals surface area contributed by atoms with Gasteiger partial charge in [-0.2, -0.15) is 0 Å². The molecule has 0 aliphatic rings. The van der Waals surface area contributed by atoms with Crippen molar-refractivity contribution in [3.05, 3.63) is 139 Å². The Bertz CT molecular complexity index is 2260. The van der Waals surface area contributed by atoms with E-state index in [0.717, 1.165) is 21.8 Å². The van der Waals surface area contributed by atoms with Gasteiger partial charge in [-0.25, -0.2) is 13.2 Å². The molecule has 0 spiro atoms. The molecule has 0 saturated heterocycles. The zero-order valence-corrected chi connectivity index (χ0v) is 23.6. The van der Waals surface area contributed by atoms with Crippen LogP contribution in [0.15, 0.2) is 121 Å². The highest BCUT2D eigenvalue weighted by Gasteiger charge is 2.20. The summed E-state index contributed by atoms with van der Waals surface area (Å²) in [4.78, 5) is 2.17. The Morgan fingerprint density at radius 3 is 1.95 bits per heavy atom. The zero-order valence-electron chi connectivity index (χ0n) is 21.9. The van der Waals surface area contributed by atoms with Crippen LogP contribution >= 0.6 is 22.7 Å². The molecule has 0 aliphatic heterocycles. The Labute approximate surface area is 247 Å². The van der Waals surface area contributed by atoms with Gasteiger partial charge in [-0.15, -0.1) is 22.7 Å². The molecule has 2 aromatic heterocycles. The molecule has 0 atom stereocenters. The van der Waals surface area contributed by atoms with Gasteiger partial charge in [-0.05, 0) is 48.0 Å². The fourth-order valence-electron chi connectivity index (χ4n) is 5.83. The minimum absolute atomic E-state index is 0.243. The standard InChI is InChI=1S/C36H20F3NS2/c37-22-19-28(38)33(29(39)20-22)21-13-15-24(16-14-21)40(23-7-2-1-3-8-23)30-11-6-10-25-26-17-18-32-34(36(26)42-35(25)30)27-9-4-5-12-31(27)41-32/h1-20H. The maximum atomic E-state index is 14.6. The molecule has 0 bridgehead atoms. The summed E-state index contributed by atoms with van der Waals surface area (Å²) in [6, 6.07) is 37.9. The number of anilines is 3. The number of nitrogens with zero attached hydrogens (tertiary/aromatic N) is 1. The molecule has 42 heavy (non-hydrogen) atoms. The van der Waals surface area contributed by atoms with E-state index in [0.29, 0.717) is 17.7 Å². The van der Waals surface area contributed by atoms with Gasteiger partial charge in [0.05, 0.1) is 16.0 Å². The van der Waals surface area contributed by atoms with Gasteiger partial charge in [0.1, 0.15) is 17.5 Å². The molecule has 1 nitrogen and oxygen atoms in total. The quantitative estimate of drug-likeness (QED) is 0.198. The van der Waals surface area contributed by atoms with Crippen LogP contribution in [0.5, 0.6) is 0 Å². The van der Waals surface area contributed by atoms with Gasteiger partial charge in [0.2, 0.25) is 0 Å². The van der Waals surface area contributed by atoms with Crippen LogP contribution in [0.1, 0.15) is 0 Å². The summed E-state index contributed by atoms with van der Waals surface area (Å²) in [6.45, 7) is 0. The second-order valence-corrected chi connectivity index (χ2v) is 12.2. The van der Waals surface area contributed by atoms with Crippen LogP contribution < -0.4 is 4.90 Å². The minimum Gasteiger partial charge on any atom is -0.309 e. The molecule has 6 heteroatoms. The molecule has 0 N–H and O–H groups in total. The first-order valence-corrected chi connectivity index (χ1v) is 15.1. The lowest BCUT2D eigenvalue weighted by Crippen LogP contribution is -2.09. The van der Waals surface area contributed by atoms with Crippen molar-refractivity contribution in [1.29, 1.82) is 0 Å². The maximum Gasteiger partial charge on any atom is 0.136 e. The zero-order chi connectivity index (χ0) is 28.4. The van der Waals surface area contributed by atoms with Crippen LogP contribution in [-0.4, -0.2) is 0 Å². The first kappa shape index (κ1) is 25.1. The SMILES string of the molecule is Fc1cc(F)c(-c2ccc(N(c3ccccc3)c3cccc4c3sc3c4ccc4sc5ccccc5c43)cc2)c(F)c1. The van der Waals surface area contributed by atoms with Crippen molar-refractivity contribution >= 4 is 80.1 Å². The van der Waals surface area contributed by atoms with Gasteiger partial charge < -0.3 is 4.90 Å². The molecular formula is C36H20F3NS2. The van der Waals surface area contributed by atoms with Crippen LogP contribution in [0.3, 0.4) is 0 Å². The van der Waals surface area contributed by atoms with Crippen molar-refractivity contribution in [3.63, 3.8) is 0 Å². The van der Waals surface area contributed by atoms with Crippen molar-refractivity contribution in [3.8, 4) is 11.1 Å². The summed E-state index contributed by atoms with van der Waals surface area (Å²) in [5.74, 6) is -2.80. The van der Waals surface area contributed by atoms with Crippen molar-refractivity contribution in [2.24, 2.45) is 0 Å². The van der Waals surface area contributed by atoms with Crippen molar-refractivity contribution in [2.45, 2.75) is 0 Å². The predicted octanol–water partition coefficient (Wildman–Crippen LogP) is 12.0. The van der Waals surface area contributed by atoms with Crippen LogP contribution in [-0.2, 0) is 0 Å². The Hall–Kier alpha value is -4.65. The lowest BCUT2D eigenvalue weighted by atomic mass is 10.0. The molecule has 6 aromatic carbocycles. The maximum absolute atomic E-state index is 14.6. The van der Waals surface area contributed by atoms with Gasteiger partial charge in [-0.3, -0.25) is 0 Å². The van der Waals surface area contributed by atoms with Gasteiger partial charge in [0, 0.05) is 59.2 Å². The van der Waals surface area contributed by atoms with E-state index in [1.54, 1.807) is 23.5 Å². The largest absolute Gasteiger partial charge is 0.309 e. The summed E-state index contributed by atoms with van der Waals surface area (Å²) in [5.41, 5.74) is 2.91. The highest BCUT2D eigenvalue weighted by Crippen LogP contribution is 2.48. The normalized spacial score (nSPS) is 11.7. The first-order valence-electron chi connectivity index (χ1n) is 13.4. The summed E-state index contributed by atoms with van der Waals surface area (Å²) < 4.78 is 47.6. The number of hydrogen-bond donors (Lipinski definition) is 0. The highest BCUT2D eigenvalue weighted by atomic mass is 32.1. The second-order valence-electron chi connectivity index (χ2n) is 10.1. The van der Waals surface area contributed by atoms with Crippen molar-refractivity contribution in [1.82, 2.24) is 0 Å². The molecule has 0 saturated carbocycles. The van der Waals surface area contributed by atoms with Gasteiger partial charge in [0.15, 0.2) is 0 Å². The van der Waals surface area contributed by atoms with Gasteiger partial charge >= 0.3 is 0 Å². The third kappa shape index (κ3) is 3.91. The average molecular weight is 588 g/mol. The fourth-order valence-corrected chi connectivity index (χ4v) is 8.37. The monoisotopic (exact) mass is 587 g/mol. The number of halogens is 3. The molecule has 0 fully saturated rings. The summed E-state index contributed by atoms with van der Waals surface area (Å²) in [7, 11) is 0. The molecule has 0 aliphatic carbocycles. The Balaban J connectivity index is 1.34. The second kappa shape index (κ2) is 9.72. The Morgan fingerprint density at radius 2 is 1.17 bits per heavy atom. The fraction of sp³-hybridized carbons (Fsp3) is 0. The molecule has 2 heterocycles. The molecular weight excluding hydrogens is 568 g/mol. The van der Waals surface area contributed by atoms with E-state index in [-0.39, 0.29) is 5.56 Å². The molecule has 0 amide bonds. The van der Waals surface area contributed by atoms with E-state index in [4.69, 9.17) is 0 Å². The van der Waals surface area contributed by atoms with Crippen LogP contribution in [0, 0.1) is 17.5 Å². The van der Waals surface area contributed by atoms with Crippen LogP contribution in [0.25, 0.3) is 51.5 Å². The minimum atomic E-state index is -0.940. The van der Waals surface area contributed by atoms with Crippen molar-refractivity contribution in [2.75, 3.05) is 4.90 Å². The topological polar surface area (TPSA) is 3.24 Å². The lowest BCUT2D eigenvalue weighted by Gasteiger charge is -2.26. The number of benzene rings is 6. The predicted molar refractivity (Wildman–Crippen MR) is 172 cm³/mol. The lowest BCUT2D eigenvalue weighted by molar-refractivity contribution is 0.548. The van der Waals surface area contributed by atoms with Crippen molar-refractivity contribution < 1.29 is 13.2 Å². The summed E-state index contributed by atoms with van der Waals surface area (Å²) in [6.07, 6.45) is 0. The molecule has 8 aromatic rings. The highest BCUT2D eigenvalue weighted by molar-refractivity contribution is 7.30. The van der Waals surface area contributed by atoms with Crippen LogP contribution in [0.2, 0.25) is 0 Å². The van der Waals surface area contributed by atoms with E-state index in [2.05, 4.69) is 59.5 Å². The smallest absolute Gasteiger partial charge is 0.136 e. The number of para-hydroxylation sites is 1. The number of hydrogen-bond acceptors (Lipinski definition) is 3. The van der Waals surface area contributed by atoms with E-state index >= 15 is 0 Å². The molecule has 8 rings (SSSR count). The molecule has 0 radical (unpaired) electrons. The number of fused-ring (bicyclic) bond motifs is 7. The van der Waals surface area contributed by atoms with E-state index < -0.39 is 17.5 Å². The Kier molecular flexibility index (Phi) is 5.81. The third-order valence-electron chi connectivity index (χ3n) is 7.66. The average Bonchev–Trinajstić information content (AvgIpc) is 3.57. The van der Waals surface area contributed by atoms with E-state index in [9.17, 15) is 13.2 Å². The number of thiophene rings is 2. The molecule has 0 unspecified atom stereocenters. The Morgan fingerprint density at radius 1 is 0.500 bits per heavy atom. The summed E-state index contributed by atoms with van der Waals surface area (Å²) in [5, 5.41) is 4.96. The molecule has 202 valence electrons. The van der Waals surface area contributed by atoms with E-state index in [1.165, 1.54) is 35.6 Å². The van der Waals surface area contributed by atoms with Gasteiger partial charge in [0.25, 0.3) is 0 Å². The van der Waals surface area contributed by atoms with Gasteiger partial charge in [-0.1, -0.05) is 66.7 Å². The van der Waals surface area contributed by atoms with Crippen LogP contribution in [0.4, 0.5) is 30.2 Å². The summed E-state index contributed by atoms with van der Waals surface area (Å²) >= 11 is 3.61. The van der Waals surface area contributed by atoms with E-state index in [1.807, 2.05) is 53.8 Å². The number of rotatable bonds is 4. The first-order chi connectivity index (χ1) is 20.6. The third-order valence-corrected chi connectivity index (χ3v) is 10.1.